The number of hydrogen-bond acceptors (Lipinski definition) is 3. The molecule has 1 aliphatic carbocycles. The minimum absolute atomic E-state index is 0.0733. The highest BCUT2D eigenvalue weighted by molar-refractivity contribution is 7.88. The van der Waals surface area contributed by atoms with E-state index in [2.05, 4.69) is 4.72 Å². The number of hydrogen-bond donors (Lipinski definition) is 1. The third-order valence-electron chi connectivity index (χ3n) is 3.10. The van der Waals surface area contributed by atoms with E-state index in [1.165, 1.54) is 6.26 Å². The molecule has 0 heterocycles. The number of nitrogens with one attached hydrogen (secondary N) is 1. The van der Waals surface area contributed by atoms with E-state index in [9.17, 15) is 8.42 Å². The van der Waals surface area contributed by atoms with Crippen LogP contribution in [0.1, 0.15) is 25.7 Å². The molecule has 1 aromatic rings. The van der Waals surface area contributed by atoms with Gasteiger partial charge in [-0.3, -0.25) is 0 Å². The molecule has 2 unspecified atom stereocenters. The molecule has 1 aromatic carbocycles. The van der Waals surface area contributed by atoms with E-state index in [4.69, 9.17) is 4.74 Å². The second-order valence-corrected chi connectivity index (χ2v) is 6.53. The van der Waals surface area contributed by atoms with Gasteiger partial charge in [0.15, 0.2) is 0 Å². The molecule has 1 fully saturated rings. The predicted octanol–water partition coefficient (Wildman–Crippen LogP) is 1.93. The molecule has 0 saturated heterocycles. The molecule has 5 heteroatoms. The first-order valence-electron chi connectivity index (χ1n) is 6.23. The van der Waals surface area contributed by atoms with E-state index in [1.807, 2.05) is 30.3 Å². The SMILES string of the molecule is CS(=O)(=O)NC1CCCCC1Oc1ccccc1. The van der Waals surface area contributed by atoms with E-state index in [0.717, 1.165) is 31.4 Å². The molecule has 0 bridgehead atoms. The summed E-state index contributed by atoms with van der Waals surface area (Å²) in [6, 6.07) is 9.43. The van der Waals surface area contributed by atoms with Gasteiger partial charge < -0.3 is 4.74 Å². The lowest BCUT2D eigenvalue weighted by molar-refractivity contribution is 0.125. The first-order valence-corrected chi connectivity index (χ1v) is 8.13. The zero-order valence-electron chi connectivity index (χ0n) is 10.5. The van der Waals surface area contributed by atoms with Crippen molar-refractivity contribution in [3.8, 4) is 5.75 Å². The van der Waals surface area contributed by atoms with Gasteiger partial charge in [-0.1, -0.05) is 24.6 Å². The van der Waals surface area contributed by atoms with E-state index >= 15 is 0 Å². The normalized spacial score (nSPS) is 24.7. The van der Waals surface area contributed by atoms with Crippen LogP contribution in [0, 0.1) is 0 Å². The largest absolute Gasteiger partial charge is 0.489 e. The van der Waals surface area contributed by atoms with E-state index in [1.54, 1.807) is 0 Å². The molecule has 0 amide bonds. The summed E-state index contributed by atoms with van der Waals surface area (Å²) in [6.45, 7) is 0. The summed E-state index contributed by atoms with van der Waals surface area (Å²) in [5.74, 6) is 0.796. The van der Waals surface area contributed by atoms with Crippen molar-refractivity contribution in [3.05, 3.63) is 30.3 Å². The fourth-order valence-corrected chi connectivity index (χ4v) is 3.14. The van der Waals surface area contributed by atoms with Crippen molar-refractivity contribution in [2.24, 2.45) is 0 Å². The molecule has 1 aliphatic rings. The van der Waals surface area contributed by atoms with Crippen molar-refractivity contribution in [2.45, 2.75) is 37.8 Å². The molecule has 1 saturated carbocycles. The molecule has 18 heavy (non-hydrogen) atoms. The summed E-state index contributed by atoms with van der Waals surface area (Å²) in [5.41, 5.74) is 0. The lowest BCUT2D eigenvalue weighted by Gasteiger charge is -2.31. The van der Waals surface area contributed by atoms with Gasteiger partial charge in [0, 0.05) is 0 Å². The van der Waals surface area contributed by atoms with Crippen LogP contribution in [0.4, 0.5) is 0 Å². The van der Waals surface area contributed by atoms with Crippen molar-refractivity contribution >= 4 is 10.0 Å². The van der Waals surface area contributed by atoms with Gasteiger partial charge in [-0.15, -0.1) is 0 Å². The Morgan fingerprint density at radius 1 is 1.17 bits per heavy atom. The van der Waals surface area contributed by atoms with Crippen LogP contribution in [0.2, 0.25) is 0 Å². The molecule has 100 valence electrons. The lowest BCUT2D eigenvalue weighted by Crippen LogP contribution is -2.47. The summed E-state index contributed by atoms with van der Waals surface area (Å²) in [5, 5.41) is 0. The van der Waals surface area contributed by atoms with Crippen LogP contribution >= 0.6 is 0 Å². The summed E-state index contributed by atoms with van der Waals surface area (Å²) < 4.78 is 31.2. The molecule has 0 spiro atoms. The van der Waals surface area contributed by atoms with Crippen LogP contribution in [0.5, 0.6) is 5.75 Å². The van der Waals surface area contributed by atoms with Gasteiger partial charge in [0.05, 0.1) is 12.3 Å². The van der Waals surface area contributed by atoms with Gasteiger partial charge in [-0.25, -0.2) is 13.1 Å². The highest BCUT2D eigenvalue weighted by Crippen LogP contribution is 2.24. The van der Waals surface area contributed by atoms with Gasteiger partial charge in [-0.2, -0.15) is 0 Å². The fourth-order valence-electron chi connectivity index (χ4n) is 2.32. The van der Waals surface area contributed by atoms with Gasteiger partial charge >= 0.3 is 0 Å². The Labute approximate surface area is 108 Å². The molecule has 0 radical (unpaired) electrons. The molecule has 1 N–H and O–H groups in total. The minimum Gasteiger partial charge on any atom is -0.489 e. The Bertz CT molecular complexity index is 472. The molecular weight excluding hydrogens is 250 g/mol. The highest BCUT2D eigenvalue weighted by Gasteiger charge is 2.28. The summed E-state index contributed by atoms with van der Waals surface area (Å²) >= 11 is 0. The van der Waals surface area contributed by atoms with Crippen molar-refractivity contribution in [2.75, 3.05) is 6.26 Å². The third-order valence-corrected chi connectivity index (χ3v) is 3.83. The molecule has 4 nitrogen and oxygen atoms in total. The van der Waals surface area contributed by atoms with Crippen molar-refractivity contribution in [3.63, 3.8) is 0 Å². The Morgan fingerprint density at radius 3 is 2.50 bits per heavy atom. The molecule has 0 aliphatic heterocycles. The molecule has 0 aromatic heterocycles. The van der Waals surface area contributed by atoms with Gasteiger partial charge in [0.25, 0.3) is 0 Å². The average Bonchev–Trinajstić information content (AvgIpc) is 2.31. The summed E-state index contributed by atoms with van der Waals surface area (Å²) in [4.78, 5) is 0. The third kappa shape index (κ3) is 3.99. The van der Waals surface area contributed by atoms with Crippen LogP contribution in [0.15, 0.2) is 30.3 Å². The van der Waals surface area contributed by atoms with Crippen molar-refractivity contribution in [1.29, 1.82) is 0 Å². The highest BCUT2D eigenvalue weighted by atomic mass is 32.2. The number of benzene rings is 1. The second-order valence-electron chi connectivity index (χ2n) is 4.75. The molecule has 2 rings (SSSR count). The number of ether oxygens (including phenoxy) is 1. The number of rotatable bonds is 4. The Morgan fingerprint density at radius 2 is 1.83 bits per heavy atom. The van der Waals surface area contributed by atoms with Crippen molar-refractivity contribution < 1.29 is 13.2 Å². The van der Waals surface area contributed by atoms with E-state index < -0.39 is 10.0 Å². The number of para-hydroxylation sites is 1. The topological polar surface area (TPSA) is 55.4 Å². The smallest absolute Gasteiger partial charge is 0.209 e. The molecule has 2 atom stereocenters. The Kier molecular flexibility index (Phi) is 4.24. The average molecular weight is 269 g/mol. The van der Waals surface area contributed by atoms with Crippen LogP contribution in [0.25, 0.3) is 0 Å². The Balaban J connectivity index is 2.04. The first kappa shape index (κ1) is 13.4. The standard InChI is InChI=1S/C13H19NO3S/c1-18(15,16)14-12-9-5-6-10-13(12)17-11-7-3-2-4-8-11/h2-4,7-8,12-14H,5-6,9-10H2,1H3. The van der Waals surface area contributed by atoms with Crippen LogP contribution < -0.4 is 9.46 Å². The van der Waals surface area contributed by atoms with Gasteiger partial charge in [0.1, 0.15) is 11.9 Å². The maximum Gasteiger partial charge on any atom is 0.209 e. The fraction of sp³-hybridized carbons (Fsp3) is 0.538. The number of sulfonamides is 1. The zero-order chi connectivity index (χ0) is 13.0. The van der Waals surface area contributed by atoms with Gasteiger partial charge in [0.2, 0.25) is 10.0 Å². The maximum absolute atomic E-state index is 11.3. The summed E-state index contributed by atoms with van der Waals surface area (Å²) in [6.07, 6.45) is 4.98. The van der Waals surface area contributed by atoms with Crippen LogP contribution in [-0.4, -0.2) is 26.8 Å². The maximum atomic E-state index is 11.3. The predicted molar refractivity (Wildman–Crippen MR) is 71.1 cm³/mol. The zero-order valence-corrected chi connectivity index (χ0v) is 11.3. The lowest BCUT2D eigenvalue weighted by atomic mass is 9.93. The minimum atomic E-state index is -3.18. The Hall–Kier alpha value is -1.07. The quantitative estimate of drug-likeness (QED) is 0.908. The first-order chi connectivity index (χ1) is 8.54. The molecular formula is C13H19NO3S. The van der Waals surface area contributed by atoms with Crippen LogP contribution in [0.3, 0.4) is 0 Å². The van der Waals surface area contributed by atoms with Crippen molar-refractivity contribution in [1.82, 2.24) is 4.72 Å². The van der Waals surface area contributed by atoms with E-state index in [-0.39, 0.29) is 12.1 Å². The van der Waals surface area contributed by atoms with Gasteiger partial charge in [-0.05, 0) is 31.4 Å². The van der Waals surface area contributed by atoms with Crippen LogP contribution in [-0.2, 0) is 10.0 Å². The summed E-state index contributed by atoms with van der Waals surface area (Å²) in [7, 11) is -3.18. The van der Waals surface area contributed by atoms with E-state index in [0.29, 0.717) is 0 Å². The second kappa shape index (κ2) is 5.71. The monoisotopic (exact) mass is 269 g/mol.